The zero-order valence-electron chi connectivity index (χ0n) is 7.37. The average Bonchev–Trinajstić information content (AvgIpc) is 2.74. The Balaban J connectivity index is 2.59. The smallest absolute Gasteiger partial charge is 0.348 e. The maximum atomic E-state index is 11.2. The molecule has 0 amide bonds. The highest BCUT2D eigenvalue weighted by atomic mass is 32.1. The van der Waals surface area contributed by atoms with Crippen molar-refractivity contribution in [1.29, 1.82) is 0 Å². The second kappa shape index (κ2) is 3.45. The summed E-state index contributed by atoms with van der Waals surface area (Å²) in [4.78, 5) is 11.8. The van der Waals surface area contributed by atoms with Crippen molar-refractivity contribution in [2.75, 3.05) is 7.11 Å². The maximum absolute atomic E-state index is 11.2. The molecule has 0 aliphatic carbocycles. The van der Waals surface area contributed by atoms with E-state index >= 15 is 0 Å². The van der Waals surface area contributed by atoms with E-state index in [-0.39, 0.29) is 5.97 Å². The Kier molecular flexibility index (Phi) is 2.28. The number of hydrogen-bond donors (Lipinski definition) is 0. The van der Waals surface area contributed by atoms with E-state index in [1.165, 1.54) is 18.4 Å². The lowest BCUT2D eigenvalue weighted by atomic mass is 10.3. The molecule has 0 aliphatic heterocycles. The Labute approximate surface area is 89.1 Å². The van der Waals surface area contributed by atoms with Crippen LogP contribution in [0.5, 0.6) is 0 Å². The van der Waals surface area contributed by atoms with Gasteiger partial charge in [-0.1, -0.05) is 5.92 Å². The standard InChI is InChI=1S/C10H6O2S2/c1-3-6-5-13-7-4-8(10(11)12-2)14-9(6)7/h1,4-5H,2H3. The second-order valence-corrected chi connectivity index (χ2v) is 4.55. The van der Waals surface area contributed by atoms with Gasteiger partial charge in [-0.2, -0.15) is 0 Å². The minimum atomic E-state index is -0.304. The highest BCUT2D eigenvalue weighted by Crippen LogP contribution is 2.33. The van der Waals surface area contributed by atoms with Crippen molar-refractivity contribution in [2.24, 2.45) is 0 Å². The highest BCUT2D eigenvalue weighted by Gasteiger charge is 2.13. The van der Waals surface area contributed by atoms with E-state index in [0.29, 0.717) is 4.88 Å². The number of carbonyl (C=O) groups excluding carboxylic acids is 1. The molecule has 0 radical (unpaired) electrons. The number of methoxy groups -OCH3 is 1. The summed E-state index contributed by atoms with van der Waals surface area (Å²) in [5, 5.41) is 1.92. The van der Waals surface area contributed by atoms with Crippen LogP contribution in [-0.2, 0) is 4.74 Å². The van der Waals surface area contributed by atoms with E-state index < -0.39 is 0 Å². The topological polar surface area (TPSA) is 26.3 Å². The molecule has 0 fully saturated rings. The maximum Gasteiger partial charge on any atom is 0.348 e. The van der Waals surface area contributed by atoms with Gasteiger partial charge >= 0.3 is 5.97 Å². The molecule has 0 bridgehead atoms. The van der Waals surface area contributed by atoms with Crippen LogP contribution in [0.4, 0.5) is 0 Å². The summed E-state index contributed by atoms with van der Waals surface area (Å²) >= 11 is 2.93. The third-order valence-electron chi connectivity index (χ3n) is 1.79. The Morgan fingerprint density at radius 1 is 1.64 bits per heavy atom. The summed E-state index contributed by atoms with van der Waals surface area (Å²) in [5.41, 5.74) is 0.852. The number of carbonyl (C=O) groups is 1. The molecule has 2 nitrogen and oxygen atoms in total. The summed E-state index contributed by atoms with van der Waals surface area (Å²) < 4.78 is 6.68. The lowest BCUT2D eigenvalue weighted by Crippen LogP contribution is -1.96. The minimum Gasteiger partial charge on any atom is -0.465 e. The first kappa shape index (κ1) is 9.25. The summed E-state index contributed by atoms with van der Waals surface area (Å²) in [7, 11) is 1.37. The van der Waals surface area contributed by atoms with Crippen LogP contribution in [0.3, 0.4) is 0 Å². The highest BCUT2D eigenvalue weighted by molar-refractivity contribution is 7.28. The Hall–Kier alpha value is -1.31. The minimum absolute atomic E-state index is 0.304. The van der Waals surface area contributed by atoms with Crippen molar-refractivity contribution in [2.45, 2.75) is 0 Å². The summed E-state index contributed by atoms with van der Waals surface area (Å²) in [5.74, 6) is 2.28. The van der Waals surface area contributed by atoms with Gasteiger partial charge in [0.15, 0.2) is 0 Å². The molecule has 2 aromatic rings. The van der Waals surface area contributed by atoms with Crippen LogP contribution in [0.15, 0.2) is 11.4 Å². The predicted molar refractivity (Wildman–Crippen MR) is 59.0 cm³/mol. The van der Waals surface area contributed by atoms with Crippen LogP contribution in [0.1, 0.15) is 15.2 Å². The van der Waals surface area contributed by atoms with E-state index in [1.54, 1.807) is 11.3 Å². The van der Waals surface area contributed by atoms with E-state index in [0.717, 1.165) is 15.0 Å². The van der Waals surface area contributed by atoms with E-state index in [4.69, 9.17) is 6.42 Å². The molecule has 0 N–H and O–H groups in total. The van der Waals surface area contributed by atoms with E-state index in [9.17, 15) is 4.79 Å². The van der Waals surface area contributed by atoms with Crippen LogP contribution >= 0.6 is 22.7 Å². The zero-order valence-corrected chi connectivity index (χ0v) is 9.00. The molecule has 0 unspecified atom stereocenters. The van der Waals surface area contributed by atoms with Gasteiger partial charge in [-0.25, -0.2) is 4.79 Å². The quantitative estimate of drug-likeness (QED) is 0.548. The first-order valence-electron chi connectivity index (χ1n) is 3.82. The number of ether oxygens (including phenoxy) is 1. The Morgan fingerprint density at radius 3 is 3.07 bits per heavy atom. The first-order chi connectivity index (χ1) is 6.76. The molecular formula is C10H6O2S2. The van der Waals surface area contributed by atoms with Crippen molar-refractivity contribution in [1.82, 2.24) is 0 Å². The fourth-order valence-corrected chi connectivity index (χ4v) is 3.33. The number of hydrogen-bond acceptors (Lipinski definition) is 4. The second-order valence-electron chi connectivity index (χ2n) is 2.59. The summed E-state index contributed by atoms with van der Waals surface area (Å²) in [6.07, 6.45) is 5.33. The Bertz CT molecular complexity index is 528. The molecule has 0 atom stereocenters. The van der Waals surface area contributed by atoms with Gasteiger partial charge in [-0.15, -0.1) is 29.1 Å². The number of terminal acetylenes is 1. The van der Waals surface area contributed by atoms with Crippen molar-refractivity contribution >= 4 is 38.0 Å². The molecule has 70 valence electrons. The zero-order chi connectivity index (χ0) is 10.1. The lowest BCUT2D eigenvalue weighted by molar-refractivity contribution is 0.0606. The molecule has 0 spiro atoms. The molecule has 2 heterocycles. The molecule has 2 aromatic heterocycles. The van der Waals surface area contributed by atoms with Crippen molar-refractivity contribution in [3.05, 3.63) is 21.9 Å². The van der Waals surface area contributed by atoms with Gasteiger partial charge in [0.2, 0.25) is 0 Å². The SMILES string of the molecule is C#Cc1csc2cc(C(=O)OC)sc12. The fourth-order valence-electron chi connectivity index (χ4n) is 1.13. The third-order valence-corrected chi connectivity index (χ3v) is 4.00. The predicted octanol–water partition coefficient (Wildman–Crippen LogP) is 2.73. The lowest BCUT2D eigenvalue weighted by Gasteiger charge is -1.91. The van der Waals surface area contributed by atoms with Crippen LogP contribution in [0.2, 0.25) is 0 Å². The average molecular weight is 222 g/mol. The number of thiophene rings is 2. The number of fused-ring (bicyclic) bond motifs is 1. The fraction of sp³-hybridized carbons (Fsp3) is 0.100. The van der Waals surface area contributed by atoms with E-state index in [1.807, 2.05) is 11.4 Å². The van der Waals surface area contributed by atoms with Crippen molar-refractivity contribution in [3.63, 3.8) is 0 Å². The van der Waals surface area contributed by atoms with Gasteiger partial charge in [0, 0.05) is 10.1 Å². The Morgan fingerprint density at radius 2 is 2.43 bits per heavy atom. The molecule has 0 saturated heterocycles. The number of esters is 1. The van der Waals surface area contributed by atoms with Crippen LogP contribution in [-0.4, -0.2) is 13.1 Å². The van der Waals surface area contributed by atoms with Gasteiger partial charge in [-0.3, -0.25) is 0 Å². The van der Waals surface area contributed by atoms with Gasteiger partial charge in [0.1, 0.15) is 4.88 Å². The monoisotopic (exact) mass is 222 g/mol. The molecule has 0 aliphatic rings. The molecule has 0 aromatic carbocycles. The van der Waals surface area contributed by atoms with Crippen LogP contribution in [0.25, 0.3) is 9.40 Å². The summed E-state index contributed by atoms with van der Waals surface area (Å²) in [6.45, 7) is 0. The third kappa shape index (κ3) is 1.31. The van der Waals surface area contributed by atoms with Gasteiger partial charge in [0.25, 0.3) is 0 Å². The molecular weight excluding hydrogens is 216 g/mol. The van der Waals surface area contributed by atoms with Gasteiger partial charge in [-0.05, 0) is 6.07 Å². The summed E-state index contributed by atoms with van der Waals surface area (Å²) in [6, 6.07) is 1.82. The van der Waals surface area contributed by atoms with Crippen LogP contribution in [0, 0.1) is 12.3 Å². The molecule has 0 saturated carbocycles. The molecule has 2 rings (SSSR count). The first-order valence-corrected chi connectivity index (χ1v) is 5.52. The normalized spacial score (nSPS) is 10.0. The number of rotatable bonds is 1. The largest absolute Gasteiger partial charge is 0.465 e. The molecule has 4 heteroatoms. The van der Waals surface area contributed by atoms with E-state index in [2.05, 4.69) is 10.7 Å². The van der Waals surface area contributed by atoms with Crippen LogP contribution < -0.4 is 0 Å². The van der Waals surface area contributed by atoms with Crippen molar-refractivity contribution < 1.29 is 9.53 Å². The van der Waals surface area contributed by atoms with Gasteiger partial charge in [0.05, 0.1) is 17.4 Å². The van der Waals surface area contributed by atoms with Crippen molar-refractivity contribution in [3.8, 4) is 12.3 Å². The molecule has 14 heavy (non-hydrogen) atoms. The van der Waals surface area contributed by atoms with Gasteiger partial charge < -0.3 is 4.74 Å².